The van der Waals surface area contributed by atoms with Gasteiger partial charge in [0.2, 0.25) is 6.54 Å². The molecule has 0 aliphatic carbocycles. The molecule has 0 spiro atoms. The van der Waals surface area contributed by atoms with Gasteiger partial charge in [0.1, 0.15) is 0 Å². The van der Waals surface area contributed by atoms with Crippen molar-refractivity contribution in [2.24, 2.45) is 0 Å². The van der Waals surface area contributed by atoms with E-state index in [-0.39, 0.29) is 17.4 Å². The number of aryl methyl sites for hydroxylation is 1. The standard InChI is InChI=1S/C15H15NO2/c1-12-6-5-9-14(10-12)15(11-16(17)18)13-7-3-2-4-8-13/h2-10,15H,11H2,1H3/t15-/m0/s1. The number of nitrogens with zero attached hydrogens (tertiary/aromatic N) is 1. The minimum atomic E-state index is -0.250. The summed E-state index contributed by atoms with van der Waals surface area (Å²) in [5.41, 5.74) is 3.11. The highest BCUT2D eigenvalue weighted by molar-refractivity contribution is 5.34. The molecule has 0 radical (unpaired) electrons. The zero-order valence-electron chi connectivity index (χ0n) is 10.2. The van der Waals surface area contributed by atoms with E-state index in [2.05, 4.69) is 0 Å². The fourth-order valence-corrected chi connectivity index (χ4v) is 2.12. The van der Waals surface area contributed by atoms with Crippen LogP contribution in [0.25, 0.3) is 0 Å². The maximum absolute atomic E-state index is 10.8. The maximum atomic E-state index is 10.8. The average Bonchev–Trinajstić information content (AvgIpc) is 2.37. The first-order chi connectivity index (χ1) is 8.66. The number of nitro groups is 1. The third-order valence-corrected chi connectivity index (χ3v) is 2.98. The molecule has 3 heteroatoms. The van der Waals surface area contributed by atoms with Gasteiger partial charge in [-0.3, -0.25) is 10.1 Å². The Kier molecular flexibility index (Phi) is 3.72. The monoisotopic (exact) mass is 241 g/mol. The lowest BCUT2D eigenvalue weighted by Gasteiger charge is -2.14. The zero-order chi connectivity index (χ0) is 13.0. The molecule has 0 aliphatic rings. The first kappa shape index (κ1) is 12.3. The normalized spacial score (nSPS) is 12.1. The van der Waals surface area contributed by atoms with Crippen molar-refractivity contribution in [1.82, 2.24) is 0 Å². The van der Waals surface area contributed by atoms with Crippen molar-refractivity contribution in [3.8, 4) is 0 Å². The molecule has 0 unspecified atom stereocenters. The van der Waals surface area contributed by atoms with E-state index in [0.29, 0.717) is 0 Å². The van der Waals surface area contributed by atoms with E-state index < -0.39 is 0 Å². The lowest BCUT2D eigenvalue weighted by atomic mass is 9.90. The molecule has 0 fully saturated rings. The molecule has 18 heavy (non-hydrogen) atoms. The molecule has 2 rings (SSSR count). The Morgan fingerprint density at radius 2 is 1.72 bits per heavy atom. The van der Waals surface area contributed by atoms with Gasteiger partial charge >= 0.3 is 0 Å². The van der Waals surface area contributed by atoms with Crippen LogP contribution in [0, 0.1) is 17.0 Å². The van der Waals surface area contributed by atoms with Crippen molar-refractivity contribution < 1.29 is 4.92 Å². The van der Waals surface area contributed by atoms with Crippen LogP contribution in [0.15, 0.2) is 54.6 Å². The fourth-order valence-electron chi connectivity index (χ4n) is 2.12. The van der Waals surface area contributed by atoms with Gasteiger partial charge < -0.3 is 0 Å². The molecule has 2 aromatic rings. The number of benzene rings is 2. The summed E-state index contributed by atoms with van der Waals surface area (Å²) in [4.78, 5) is 10.6. The number of hydrogen-bond acceptors (Lipinski definition) is 2. The molecular formula is C15H15NO2. The second-order valence-electron chi connectivity index (χ2n) is 4.39. The first-order valence-electron chi connectivity index (χ1n) is 5.90. The summed E-state index contributed by atoms with van der Waals surface area (Å²) in [6.07, 6.45) is 0. The van der Waals surface area contributed by atoms with Gasteiger partial charge in [-0.25, -0.2) is 0 Å². The van der Waals surface area contributed by atoms with Crippen LogP contribution >= 0.6 is 0 Å². The van der Waals surface area contributed by atoms with E-state index in [0.717, 1.165) is 16.7 Å². The molecule has 92 valence electrons. The predicted octanol–water partition coefficient (Wildman–Crippen LogP) is 3.40. The minimum absolute atomic E-state index is 0.0759. The summed E-state index contributed by atoms with van der Waals surface area (Å²) >= 11 is 0. The molecule has 0 N–H and O–H groups in total. The van der Waals surface area contributed by atoms with Crippen molar-refractivity contribution in [2.75, 3.05) is 6.54 Å². The lowest BCUT2D eigenvalue weighted by Crippen LogP contribution is -2.14. The van der Waals surface area contributed by atoms with Crippen LogP contribution in [0.1, 0.15) is 22.6 Å². The molecular weight excluding hydrogens is 226 g/mol. The molecule has 0 aliphatic heterocycles. The Labute approximate surface area is 106 Å². The van der Waals surface area contributed by atoms with Crippen LogP contribution in [0.5, 0.6) is 0 Å². The fraction of sp³-hybridized carbons (Fsp3) is 0.200. The zero-order valence-corrected chi connectivity index (χ0v) is 10.2. The highest BCUT2D eigenvalue weighted by Crippen LogP contribution is 2.25. The highest BCUT2D eigenvalue weighted by atomic mass is 16.6. The summed E-state index contributed by atoms with van der Waals surface area (Å²) in [7, 11) is 0. The smallest absolute Gasteiger partial charge is 0.214 e. The van der Waals surface area contributed by atoms with Crippen LogP contribution in [0.2, 0.25) is 0 Å². The van der Waals surface area contributed by atoms with E-state index in [1.165, 1.54) is 0 Å². The summed E-state index contributed by atoms with van der Waals surface area (Å²) in [5.74, 6) is -0.180. The number of rotatable bonds is 4. The van der Waals surface area contributed by atoms with Gasteiger partial charge in [-0.2, -0.15) is 0 Å². The predicted molar refractivity (Wildman–Crippen MR) is 71.3 cm³/mol. The van der Waals surface area contributed by atoms with Crippen LogP contribution in [0.4, 0.5) is 0 Å². The highest BCUT2D eigenvalue weighted by Gasteiger charge is 2.19. The molecule has 0 amide bonds. The minimum Gasteiger partial charge on any atom is -0.265 e. The van der Waals surface area contributed by atoms with Gasteiger partial charge in [-0.05, 0) is 18.1 Å². The summed E-state index contributed by atoms with van der Waals surface area (Å²) in [6, 6.07) is 17.5. The first-order valence-corrected chi connectivity index (χ1v) is 5.90. The second kappa shape index (κ2) is 5.45. The van der Waals surface area contributed by atoms with E-state index in [1.54, 1.807) is 0 Å². The summed E-state index contributed by atoms with van der Waals surface area (Å²) < 4.78 is 0. The van der Waals surface area contributed by atoms with Crippen LogP contribution in [-0.4, -0.2) is 11.5 Å². The Morgan fingerprint density at radius 1 is 1.06 bits per heavy atom. The molecule has 0 heterocycles. The topological polar surface area (TPSA) is 43.1 Å². The largest absolute Gasteiger partial charge is 0.265 e. The average molecular weight is 241 g/mol. The molecule has 2 aromatic carbocycles. The molecule has 0 aromatic heterocycles. The van der Waals surface area contributed by atoms with Gasteiger partial charge in [0.15, 0.2) is 0 Å². The Hall–Kier alpha value is -2.16. The molecule has 0 saturated carbocycles. The summed E-state index contributed by atoms with van der Waals surface area (Å²) in [6.45, 7) is 1.92. The van der Waals surface area contributed by atoms with Gasteiger partial charge in [0.25, 0.3) is 0 Å². The molecule has 0 bridgehead atoms. The molecule has 0 saturated heterocycles. The summed E-state index contributed by atoms with van der Waals surface area (Å²) in [5, 5.41) is 10.8. The van der Waals surface area contributed by atoms with E-state index in [9.17, 15) is 10.1 Å². The van der Waals surface area contributed by atoms with E-state index in [4.69, 9.17) is 0 Å². The van der Waals surface area contributed by atoms with Gasteiger partial charge in [0, 0.05) is 4.92 Å². The van der Waals surface area contributed by atoms with Gasteiger partial charge in [-0.15, -0.1) is 0 Å². The van der Waals surface area contributed by atoms with Gasteiger partial charge in [0.05, 0.1) is 5.92 Å². The third kappa shape index (κ3) is 2.94. The van der Waals surface area contributed by atoms with Crippen LogP contribution in [-0.2, 0) is 0 Å². The van der Waals surface area contributed by atoms with Crippen molar-refractivity contribution in [3.63, 3.8) is 0 Å². The SMILES string of the molecule is Cc1cccc([C@@H](C[N+](=O)[O-])c2ccccc2)c1. The Bertz CT molecular complexity index is 537. The quantitative estimate of drug-likeness (QED) is 0.608. The Morgan fingerprint density at radius 3 is 2.33 bits per heavy atom. The van der Waals surface area contributed by atoms with E-state index >= 15 is 0 Å². The lowest BCUT2D eigenvalue weighted by molar-refractivity contribution is -0.481. The number of hydrogen-bond donors (Lipinski definition) is 0. The van der Waals surface area contributed by atoms with Crippen molar-refractivity contribution in [1.29, 1.82) is 0 Å². The molecule has 1 atom stereocenters. The van der Waals surface area contributed by atoms with Crippen molar-refractivity contribution in [2.45, 2.75) is 12.8 Å². The Balaban J connectivity index is 2.40. The maximum Gasteiger partial charge on any atom is 0.214 e. The van der Waals surface area contributed by atoms with Gasteiger partial charge in [-0.1, -0.05) is 60.2 Å². The van der Waals surface area contributed by atoms with E-state index in [1.807, 2.05) is 61.5 Å². The van der Waals surface area contributed by atoms with Crippen LogP contribution < -0.4 is 0 Å². The van der Waals surface area contributed by atoms with Crippen LogP contribution in [0.3, 0.4) is 0 Å². The van der Waals surface area contributed by atoms with Crippen molar-refractivity contribution >= 4 is 0 Å². The second-order valence-corrected chi connectivity index (χ2v) is 4.39. The van der Waals surface area contributed by atoms with Crippen molar-refractivity contribution in [3.05, 3.63) is 81.4 Å². The third-order valence-electron chi connectivity index (χ3n) is 2.98. The molecule has 3 nitrogen and oxygen atoms in total.